The largest absolute Gasteiger partial charge is 0.388 e. The van der Waals surface area contributed by atoms with Crippen LogP contribution >= 0.6 is 15.9 Å². The Labute approximate surface area is 132 Å². The number of hydrogen-bond acceptors (Lipinski definition) is 2. The summed E-state index contributed by atoms with van der Waals surface area (Å²) in [4.78, 5) is 0. The highest BCUT2D eigenvalue weighted by Gasteiger charge is 2.16. The van der Waals surface area contributed by atoms with E-state index in [9.17, 15) is 5.11 Å². The lowest BCUT2D eigenvalue weighted by molar-refractivity contribution is 0.176. The van der Waals surface area contributed by atoms with E-state index in [1.807, 2.05) is 55.1 Å². The van der Waals surface area contributed by atoms with E-state index in [1.54, 1.807) is 0 Å². The van der Waals surface area contributed by atoms with Gasteiger partial charge in [-0.1, -0.05) is 40.2 Å². The molecule has 0 radical (unpaired) electrons. The fourth-order valence-electron chi connectivity index (χ4n) is 2.70. The lowest BCUT2D eigenvalue weighted by Crippen LogP contribution is -2.05. The number of aromatic nitrogens is 2. The van der Waals surface area contributed by atoms with E-state index in [0.717, 1.165) is 32.2 Å². The number of hydrogen-bond donors (Lipinski definition) is 1. The summed E-state index contributed by atoms with van der Waals surface area (Å²) in [5.74, 6) is 0. The molecule has 1 aromatic heterocycles. The molecule has 0 aliphatic carbocycles. The third-order valence-corrected chi connectivity index (χ3v) is 4.31. The van der Waals surface area contributed by atoms with Crippen molar-refractivity contribution in [3.8, 4) is 0 Å². The van der Waals surface area contributed by atoms with Crippen molar-refractivity contribution in [3.63, 3.8) is 0 Å². The van der Waals surface area contributed by atoms with Gasteiger partial charge < -0.3 is 5.11 Å². The minimum atomic E-state index is -0.555. The molecule has 1 N–H and O–H groups in total. The molecular weight excluding hydrogens is 328 g/mol. The monoisotopic (exact) mass is 344 g/mol. The highest BCUT2D eigenvalue weighted by molar-refractivity contribution is 9.10. The summed E-state index contributed by atoms with van der Waals surface area (Å²) in [6, 6.07) is 14.1. The van der Waals surface area contributed by atoms with Crippen LogP contribution in [-0.2, 0) is 13.5 Å². The molecule has 3 aromatic rings. The Morgan fingerprint density at radius 1 is 1.24 bits per heavy atom. The number of benzene rings is 2. The van der Waals surface area contributed by atoms with Gasteiger partial charge in [0.25, 0.3) is 0 Å². The average molecular weight is 345 g/mol. The number of nitrogens with zero attached hydrogens (tertiary/aromatic N) is 2. The Morgan fingerprint density at radius 2 is 2.00 bits per heavy atom. The van der Waals surface area contributed by atoms with Crippen LogP contribution in [0.5, 0.6) is 0 Å². The van der Waals surface area contributed by atoms with Crippen LogP contribution < -0.4 is 0 Å². The average Bonchev–Trinajstić information content (AvgIpc) is 2.78. The van der Waals surface area contributed by atoms with E-state index in [1.165, 1.54) is 0 Å². The number of rotatable bonds is 3. The lowest BCUT2D eigenvalue weighted by atomic mass is 9.99. The first-order chi connectivity index (χ1) is 10.1. The molecule has 2 aromatic carbocycles. The van der Waals surface area contributed by atoms with Gasteiger partial charge in [-0.15, -0.1) is 0 Å². The molecule has 4 heteroatoms. The number of aliphatic hydroxyl groups excluding tert-OH is 1. The van der Waals surface area contributed by atoms with Crippen molar-refractivity contribution in [2.24, 2.45) is 7.05 Å². The molecule has 21 heavy (non-hydrogen) atoms. The van der Waals surface area contributed by atoms with E-state index < -0.39 is 6.10 Å². The van der Waals surface area contributed by atoms with Crippen LogP contribution in [0.1, 0.15) is 22.9 Å². The molecule has 0 amide bonds. The van der Waals surface area contributed by atoms with Crippen molar-refractivity contribution in [1.82, 2.24) is 9.78 Å². The molecule has 0 aliphatic rings. The zero-order valence-corrected chi connectivity index (χ0v) is 13.6. The standard InChI is InChI=1S/C17H17BrN2O/c1-11-7-8-12(18)9-14(11)17(21)10-15-13-5-3-4-6-16(13)20(2)19-15/h3-9,17,21H,10H2,1-2H3. The van der Waals surface area contributed by atoms with E-state index in [4.69, 9.17) is 0 Å². The molecule has 1 unspecified atom stereocenters. The molecule has 0 spiro atoms. The molecule has 3 nitrogen and oxygen atoms in total. The molecule has 1 atom stereocenters. The van der Waals surface area contributed by atoms with Gasteiger partial charge in [-0.2, -0.15) is 5.10 Å². The smallest absolute Gasteiger partial charge is 0.0849 e. The van der Waals surface area contributed by atoms with Crippen LogP contribution in [0.15, 0.2) is 46.9 Å². The van der Waals surface area contributed by atoms with Gasteiger partial charge in [-0.25, -0.2) is 0 Å². The predicted octanol–water partition coefficient (Wildman–Crippen LogP) is 3.92. The van der Waals surface area contributed by atoms with Gasteiger partial charge in [0, 0.05) is 23.3 Å². The Kier molecular flexibility index (Phi) is 3.83. The summed E-state index contributed by atoms with van der Waals surface area (Å²) < 4.78 is 2.85. The second kappa shape index (κ2) is 5.62. The van der Waals surface area contributed by atoms with Crippen LogP contribution in [0.3, 0.4) is 0 Å². The van der Waals surface area contributed by atoms with Crippen LogP contribution in [0.4, 0.5) is 0 Å². The highest BCUT2D eigenvalue weighted by Crippen LogP contribution is 2.27. The summed E-state index contributed by atoms with van der Waals surface area (Å²) in [5, 5.41) is 16.2. The summed E-state index contributed by atoms with van der Waals surface area (Å²) in [6.07, 6.45) is -0.0423. The normalized spacial score (nSPS) is 12.8. The molecule has 1 heterocycles. The summed E-state index contributed by atoms with van der Waals surface area (Å²) in [7, 11) is 1.93. The molecule has 0 fully saturated rings. The summed E-state index contributed by atoms with van der Waals surface area (Å²) in [6.45, 7) is 2.02. The zero-order chi connectivity index (χ0) is 15.0. The van der Waals surface area contributed by atoms with Gasteiger partial charge in [-0.3, -0.25) is 4.68 Å². The number of fused-ring (bicyclic) bond motifs is 1. The minimum absolute atomic E-state index is 0.513. The third-order valence-electron chi connectivity index (χ3n) is 3.82. The predicted molar refractivity (Wildman–Crippen MR) is 88.3 cm³/mol. The van der Waals surface area contributed by atoms with Gasteiger partial charge in [0.15, 0.2) is 0 Å². The maximum Gasteiger partial charge on any atom is 0.0849 e. The maximum absolute atomic E-state index is 10.6. The highest BCUT2D eigenvalue weighted by atomic mass is 79.9. The third kappa shape index (κ3) is 2.74. The Morgan fingerprint density at radius 3 is 2.81 bits per heavy atom. The number of para-hydroxylation sites is 1. The lowest BCUT2D eigenvalue weighted by Gasteiger charge is -2.13. The van der Waals surface area contributed by atoms with Crippen LogP contribution in [0, 0.1) is 6.92 Å². The summed E-state index contributed by atoms with van der Waals surface area (Å²) in [5.41, 5.74) is 4.05. The Hall–Kier alpha value is -1.65. The van der Waals surface area contributed by atoms with E-state index in [2.05, 4.69) is 27.1 Å². The molecule has 0 aliphatic heterocycles. The molecule has 0 saturated carbocycles. The maximum atomic E-state index is 10.6. The Bertz CT molecular complexity index is 795. The van der Waals surface area contributed by atoms with Crippen molar-refractivity contribution in [2.45, 2.75) is 19.4 Å². The molecule has 3 rings (SSSR count). The molecule has 108 valence electrons. The Balaban J connectivity index is 1.96. The second-order valence-electron chi connectivity index (χ2n) is 5.31. The molecular formula is C17H17BrN2O. The van der Waals surface area contributed by atoms with E-state index in [-0.39, 0.29) is 0 Å². The van der Waals surface area contributed by atoms with Crippen LogP contribution in [0.2, 0.25) is 0 Å². The van der Waals surface area contributed by atoms with Gasteiger partial charge in [0.2, 0.25) is 0 Å². The van der Waals surface area contributed by atoms with Crippen molar-refractivity contribution in [2.75, 3.05) is 0 Å². The first kappa shape index (κ1) is 14.3. The van der Waals surface area contributed by atoms with Crippen molar-refractivity contribution >= 4 is 26.8 Å². The number of aliphatic hydroxyl groups is 1. The first-order valence-electron chi connectivity index (χ1n) is 6.91. The number of aryl methyl sites for hydroxylation is 2. The van der Waals surface area contributed by atoms with E-state index >= 15 is 0 Å². The SMILES string of the molecule is Cc1ccc(Br)cc1C(O)Cc1nn(C)c2ccccc12. The fourth-order valence-corrected chi connectivity index (χ4v) is 3.08. The van der Waals surface area contributed by atoms with Crippen molar-refractivity contribution in [3.05, 3.63) is 63.8 Å². The zero-order valence-electron chi connectivity index (χ0n) is 12.0. The summed E-state index contributed by atoms with van der Waals surface area (Å²) >= 11 is 3.46. The van der Waals surface area contributed by atoms with Crippen LogP contribution in [-0.4, -0.2) is 14.9 Å². The van der Waals surface area contributed by atoms with Gasteiger partial charge in [0.05, 0.1) is 17.3 Å². The minimum Gasteiger partial charge on any atom is -0.388 e. The van der Waals surface area contributed by atoms with E-state index in [0.29, 0.717) is 6.42 Å². The molecule has 0 bridgehead atoms. The van der Waals surface area contributed by atoms with Gasteiger partial charge in [0.1, 0.15) is 0 Å². The quantitative estimate of drug-likeness (QED) is 0.781. The fraction of sp³-hybridized carbons (Fsp3) is 0.235. The first-order valence-corrected chi connectivity index (χ1v) is 7.70. The molecule has 0 saturated heterocycles. The number of halogens is 1. The van der Waals surface area contributed by atoms with Gasteiger partial charge >= 0.3 is 0 Å². The topological polar surface area (TPSA) is 38.1 Å². The van der Waals surface area contributed by atoms with Crippen molar-refractivity contribution < 1.29 is 5.11 Å². The second-order valence-corrected chi connectivity index (χ2v) is 6.22. The van der Waals surface area contributed by atoms with Gasteiger partial charge in [-0.05, 0) is 36.2 Å². The van der Waals surface area contributed by atoms with Crippen molar-refractivity contribution in [1.29, 1.82) is 0 Å². The van der Waals surface area contributed by atoms with Crippen LogP contribution in [0.25, 0.3) is 10.9 Å².